The number of hydrogen-bond acceptors (Lipinski definition) is 3. The van der Waals surface area contributed by atoms with Crippen LogP contribution in [0.25, 0.3) is 0 Å². The molecule has 35 heavy (non-hydrogen) atoms. The Morgan fingerprint density at radius 1 is 0.857 bits per heavy atom. The van der Waals surface area contributed by atoms with Gasteiger partial charge in [-0.25, -0.2) is 0 Å². The average Bonchev–Trinajstić information content (AvgIpc) is 3.49. The number of esters is 1. The van der Waals surface area contributed by atoms with E-state index in [1.54, 1.807) is 6.92 Å². The first-order valence-corrected chi connectivity index (χ1v) is 15.0. The second kappa shape index (κ2) is 7.09. The fourth-order valence-corrected chi connectivity index (χ4v) is 12.6. The van der Waals surface area contributed by atoms with Crippen LogP contribution in [0.3, 0.4) is 0 Å². The number of rotatable bonds is 1. The van der Waals surface area contributed by atoms with Crippen molar-refractivity contribution in [1.29, 1.82) is 0 Å². The molecule has 6 fully saturated rings. The van der Waals surface area contributed by atoms with Gasteiger partial charge in [0.2, 0.25) is 0 Å². The molecule has 0 unspecified atom stereocenters. The molecule has 1 saturated heterocycles. The summed E-state index contributed by atoms with van der Waals surface area (Å²) in [4.78, 5) is 11.9. The van der Waals surface area contributed by atoms with Crippen molar-refractivity contribution in [3.05, 3.63) is 0 Å². The second-order valence-electron chi connectivity index (χ2n) is 16.0. The maximum atomic E-state index is 11.9. The van der Waals surface area contributed by atoms with E-state index in [0.29, 0.717) is 28.8 Å². The van der Waals surface area contributed by atoms with Gasteiger partial charge in [-0.1, -0.05) is 55.4 Å². The standard InChI is InChI=1S/C32H52O3/c1-19-10-13-28(6)16-17-31(9)30(8,26(28)20(19)2)15-11-22-29(7)14-12-24(34-21(3)33)27(4,5)23(29)18-25-32(22,31)35-25/h19-20,22-26H,10-18H2,1-9H3/t19-,20+,22-,23+,24+,25-,26-,28-,29-,30+,31+,32+/m1/s1. The van der Waals surface area contributed by atoms with Crippen molar-refractivity contribution in [3.8, 4) is 0 Å². The maximum absolute atomic E-state index is 11.9. The SMILES string of the molecule is CC(=O)O[C@H]1CC[C@]2(C)[C@H]3CC[C@@]4(C)[C@@H]5[C@@H](C)[C@H](C)CC[C@]5(C)CC[C@]4(C)[C@]34O[C@@H]4C[C@H]2C1(C)C. The van der Waals surface area contributed by atoms with Gasteiger partial charge >= 0.3 is 5.97 Å². The Morgan fingerprint density at radius 3 is 2.26 bits per heavy atom. The summed E-state index contributed by atoms with van der Waals surface area (Å²) in [5, 5.41) is 0. The molecule has 198 valence electrons. The zero-order valence-corrected chi connectivity index (χ0v) is 24.1. The van der Waals surface area contributed by atoms with Crippen LogP contribution in [0.2, 0.25) is 0 Å². The third-order valence-electron chi connectivity index (χ3n) is 14.6. The molecule has 5 saturated carbocycles. The lowest BCUT2D eigenvalue weighted by Gasteiger charge is -2.72. The van der Waals surface area contributed by atoms with E-state index in [1.807, 2.05) is 0 Å². The number of epoxide rings is 1. The van der Waals surface area contributed by atoms with Gasteiger partial charge in [0.25, 0.3) is 0 Å². The molecule has 1 aliphatic heterocycles. The van der Waals surface area contributed by atoms with Crippen LogP contribution >= 0.6 is 0 Å². The van der Waals surface area contributed by atoms with Crippen molar-refractivity contribution in [2.45, 2.75) is 138 Å². The highest BCUT2D eigenvalue weighted by Gasteiger charge is 2.84. The van der Waals surface area contributed by atoms with E-state index in [2.05, 4.69) is 55.4 Å². The van der Waals surface area contributed by atoms with E-state index < -0.39 is 0 Å². The Kier molecular flexibility index (Phi) is 5.01. The number of ether oxygens (including phenoxy) is 2. The van der Waals surface area contributed by atoms with Crippen LogP contribution in [-0.4, -0.2) is 23.8 Å². The van der Waals surface area contributed by atoms with Crippen LogP contribution in [0, 0.1) is 56.7 Å². The molecule has 0 N–H and O–H groups in total. The molecule has 3 heteroatoms. The normalized spacial score (nSPS) is 60.2. The Hall–Kier alpha value is -0.570. The lowest BCUT2D eigenvalue weighted by atomic mass is 9.31. The summed E-state index contributed by atoms with van der Waals surface area (Å²) in [5.74, 6) is 3.50. The summed E-state index contributed by atoms with van der Waals surface area (Å²) < 4.78 is 13.1. The highest BCUT2D eigenvalue weighted by atomic mass is 16.6. The fourth-order valence-electron chi connectivity index (χ4n) is 12.6. The highest BCUT2D eigenvalue weighted by Crippen LogP contribution is 2.82. The van der Waals surface area contributed by atoms with E-state index in [1.165, 1.54) is 44.9 Å². The number of carbonyl (C=O) groups excluding carboxylic acids is 1. The molecule has 0 radical (unpaired) electrons. The first-order chi connectivity index (χ1) is 16.2. The Labute approximate surface area is 214 Å². The summed E-state index contributed by atoms with van der Waals surface area (Å²) >= 11 is 0. The Morgan fingerprint density at radius 2 is 1.57 bits per heavy atom. The van der Waals surface area contributed by atoms with Gasteiger partial charge in [0.05, 0.1) is 6.10 Å². The molecule has 1 heterocycles. The van der Waals surface area contributed by atoms with Crippen molar-refractivity contribution in [2.24, 2.45) is 56.7 Å². The quantitative estimate of drug-likeness (QED) is 0.281. The molecule has 6 rings (SSSR count). The lowest BCUT2D eigenvalue weighted by molar-refractivity contribution is -0.248. The van der Waals surface area contributed by atoms with Crippen molar-refractivity contribution < 1.29 is 14.3 Å². The largest absolute Gasteiger partial charge is 0.462 e. The van der Waals surface area contributed by atoms with Crippen LogP contribution in [0.5, 0.6) is 0 Å². The summed E-state index contributed by atoms with van der Waals surface area (Å²) in [6.07, 6.45) is 12.0. The molecule has 0 aromatic rings. The molecule has 0 bridgehead atoms. The summed E-state index contributed by atoms with van der Waals surface area (Å²) in [5.41, 5.74) is 1.44. The van der Waals surface area contributed by atoms with Crippen molar-refractivity contribution in [3.63, 3.8) is 0 Å². The number of hydrogen-bond donors (Lipinski definition) is 0. The zero-order valence-electron chi connectivity index (χ0n) is 24.1. The second-order valence-corrected chi connectivity index (χ2v) is 16.0. The van der Waals surface area contributed by atoms with Crippen LogP contribution in [-0.2, 0) is 14.3 Å². The van der Waals surface area contributed by atoms with Gasteiger partial charge in [0.1, 0.15) is 11.7 Å². The number of carbonyl (C=O) groups is 1. The van der Waals surface area contributed by atoms with Crippen LogP contribution in [0.1, 0.15) is 120 Å². The van der Waals surface area contributed by atoms with Gasteiger partial charge in [0, 0.05) is 17.8 Å². The molecule has 12 atom stereocenters. The first-order valence-electron chi connectivity index (χ1n) is 15.0. The van der Waals surface area contributed by atoms with Gasteiger partial charge in [-0.15, -0.1) is 0 Å². The van der Waals surface area contributed by atoms with Gasteiger partial charge in [-0.2, -0.15) is 0 Å². The smallest absolute Gasteiger partial charge is 0.302 e. The lowest BCUT2D eigenvalue weighted by Crippen LogP contribution is -2.71. The molecule has 1 spiro atoms. The van der Waals surface area contributed by atoms with Crippen molar-refractivity contribution in [2.75, 3.05) is 0 Å². The van der Waals surface area contributed by atoms with Gasteiger partial charge < -0.3 is 9.47 Å². The van der Waals surface area contributed by atoms with Gasteiger partial charge in [-0.3, -0.25) is 4.79 Å². The van der Waals surface area contributed by atoms with Crippen LogP contribution in [0.15, 0.2) is 0 Å². The van der Waals surface area contributed by atoms with E-state index in [4.69, 9.17) is 9.47 Å². The third kappa shape index (κ3) is 2.76. The minimum Gasteiger partial charge on any atom is -0.462 e. The van der Waals surface area contributed by atoms with Crippen molar-refractivity contribution in [1.82, 2.24) is 0 Å². The molecule has 6 aliphatic rings. The molecule has 0 amide bonds. The third-order valence-corrected chi connectivity index (χ3v) is 14.6. The predicted molar refractivity (Wildman–Crippen MR) is 140 cm³/mol. The molecule has 5 aliphatic carbocycles. The minimum atomic E-state index is -0.124. The van der Waals surface area contributed by atoms with E-state index in [-0.39, 0.29) is 33.9 Å². The highest BCUT2D eigenvalue weighted by molar-refractivity contribution is 5.66. The molecular formula is C32H52O3. The summed E-state index contributed by atoms with van der Waals surface area (Å²) in [6, 6.07) is 0. The summed E-state index contributed by atoms with van der Waals surface area (Å²) in [7, 11) is 0. The van der Waals surface area contributed by atoms with Gasteiger partial charge in [-0.05, 0) is 104 Å². The van der Waals surface area contributed by atoms with Crippen LogP contribution in [0.4, 0.5) is 0 Å². The molecule has 0 aromatic carbocycles. The van der Waals surface area contributed by atoms with Crippen LogP contribution < -0.4 is 0 Å². The Balaban J connectivity index is 1.39. The summed E-state index contributed by atoms with van der Waals surface area (Å²) in [6.45, 7) is 22.1. The maximum Gasteiger partial charge on any atom is 0.302 e. The van der Waals surface area contributed by atoms with E-state index in [0.717, 1.165) is 30.6 Å². The first kappa shape index (κ1) is 24.7. The fraction of sp³-hybridized carbons (Fsp3) is 0.969. The topological polar surface area (TPSA) is 38.8 Å². The van der Waals surface area contributed by atoms with E-state index >= 15 is 0 Å². The minimum absolute atomic E-state index is 0.00309. The molecule has 3 nitrogen and oxygen atoms in total. The zero-order chi connectivity index (χ0) is 25.4. The Bertz CT molecular complexity index is 926. The van der Waals surface area contributed by atoms with Gasteiger partial charge in [0.15, 0.2) is 0 Å². The molecular weight excluding hydrogens is 432 g/mol. The van der Waals surface area contributed by atoms with E-state index in [9.17, 15) is 4.79 Å². The number of fused-ring (bicyclic) bond motifs is 5. The molecule has 0 aromatic heterocycles. The predicted octanol–water partition coefficient (Wildman–Crippen LogP) is 7.81. The average molecular weight is 485 g/mol. The monoisotopic (exact) mass is 484 g/mol. The van der Waals surface area contributed by atoms with Crippen molar-refractivity contribution >= 4 is 5.97 Å².